The lowest BCUT2D eigenvalue weighted by Gasteiger charge is -2.15. The van der Waals surface area contributed by atoms with Gasteiger partial charge in [0.1, 0.15) is 15.9 Å². The lowest BCUT2D eigenvalue weighted by Crippen LogP contribution is -2.15. The molecule has 138 valence electrons. The number of carbonyl (C=O) groups is 1. The standard InChI is InChI=1S/C20H25N3OS2/c1-6-15-13(4)26-20-18(15)19(21-14(5)22-20)25-10-17(24)23-16-8-7-11(2)9-12(16)3/h7-9,13,15H,6,10H2,1-5H3,(H,23,24)/t13-,15-/m0/s1. The Kier molecular flexibility index (Phi) is 5.92. The van der Waals surface area contributed by atoms with Crippen LogP contribution < -0.4 is 5.32 Å². The molecule has 0 spiro atoms. The summed E-state index contributed by atoms with van der Waals surface area (Å²) in [6.07, 6.45) is 1.07. The summed E-state index contributed by atoms with van der Waals surface area (Å²) >= 11 is 3.35. The van der Waals surface area contributed by atoms with Crippen LogP contribution in [0.25, 0.3) is 0 Å². The Morgan fingerprint density at radius 1 is 1.27 bits per heavy atom. The van der Waals surface area contributed by atoms with Gasteiger partial charge in [0.2, 0.25) is 5.91 Å². The van der Waals surface area contributed by atoms with Gasteiger partial charge in [-0.15, -0.1) is 11.8 Å². The Labute approximate surface area is 164 Å². The van der Waals surface area contributed by atoms with Crippen molar-refractivity contribution in [2.75, 3.05) is 11.1 Å². The number of thioether (sulfide) groups is 2. The Bertz CT molecular complexity index is 838. The number of hydrogen-bond donors (Lipinski definition) is 1. The Balaban J connectivity index is 1.73. The lowest BCUT2D eigenvalue weighted by atomic mass is 9.96. The second-order valence-electron chi connectivity index (χ2n) is 6.79. The molecule has 2 aromatic rings. The lowest BCUT2D eigenvalue weighted by molar-refractivity contribution is -0.113. The second-order valence-corrected chi connectivity index (χ2v) is 9.12. The zero-order valence-electron chi connectivity index (χ0n) is 15.9. The van der Waals surface area contributed by atoms with Gasteiger partial charge in [0.25, 0.3) is 0 Å². The summed E-state index contributed by atoms with van der Waals surface area (Å²) in [5.41, 5.74) is 4.39. The van der Waals surface area contributed by atoms with Gasteiger partial charge in [-0.1, -0.05) is 43.3 Å². The fourth-order valence-electron chi connectivity index (χ4n) is 3.35. The molecule has 1 aliphatic rings. The SMILES string of the molecule is CC[C@@H]1c2c(SCC(=O)Nc3ccc(C)cc3C)nc(C)nc2S[C@H]1C. The van der Waals surface area contributed by atoms with Gasteiger partial charge >= 0.3 is 0 Å². The zero-order chi connectivity index (χ0) is 18.8. The second kappa shape index (κ2) is 8.01. The van der Waals surface area contributed by atoms with Crippen molar-refractivity contribution in [1.82, 2.24) is 9.97 Å². The molecule has 2 atom stereocenters. The summed E-state index contributed by atoms with van der Waals surface area (Å²) in [7, 11) is 0. The fourth-order valence-corrected chi connectivity index (χ4v) is 5.76. The molecule has 0 unspecified atom stereocenters. The van der Waals surface area contributed by atoms with Crippen molar-refractivity contribution in [3.63, 3.8) is 0 Å². The maximum atomic E-state index is 12.4. The van der Waals surface area contributed by atoms with Gasteiger partial charge in [0.15, 0.2) is 0 Å². The molecule has 2 heterocycles. The van der Waals surface area contributed by atoms with Crippen molar-refractivity contribution >= 4 is 35.1 Å². The Hall–Kier alpha value is -1.53. The van der Waals surface area contributed by atoms with E-state index < -0.39 is 0 Å². The summed E-state index contributed by atoms with van der Waals surface area (Å²) < 4.78 is 0. The van der Waals surface area contributed by atoms with Crippen LogP contribution in [0, 0.1) is 20.8 Å². The number of anilines is 1. The maximum absolute atomic E-state index is 12.4. The first-order valence-electron chi connectivity index (χ1n) is 8.94. The number of nitrogens with zero attached hydrogens (tertiary/aromatic N) is 2. The van der Waals surface area contributed by atoms with Crippen LogP contribution in [0.15, 0.2) is 28.3 Å². The molecule has 6 heteroatoms. The number of rotatable bonds is 5. The van der Waals surface area contributed by atoms with E-state index in [9.17, 15) is 4.79 Å². The molecule has 0 aliphatic carbocycles. The van der Waals surface area contributed by atoms with Crippen LogP contribution in [0.3, 0.4) is 0 Å². The highest BCUT2D eigenvalue weighted by atomic mass is 32.2. The predicted molar refractivity (Wildman–Crippen MR) is 110 cm³/mol. The smallest absolute Gasteiger partial charge is 0.234 e. The number of amides is 1. The van der Waals surface area contributed by atoms with Gasteiger partial charge < -0.3 is 5.32 Å². The van der Waals surface area contributed by atoms with Gasteiger partial charge in [0.05, 0.1) is 5.75 Å². The molecular formula is C20H25N3OS2. The molecule has 0 saturated carbocycles. The molecule has 1 aromatic heterocycles. The number of fused-ring (bicyclic) bond motifs is 1. The minimum absolute atomic E-state index is 0.00119. The minimum Gasteiger partial charge on any atom is -0.325 e. The highest BCUT2D eigenvalue weighted by Crippen LogP contribution is 2.48. The van der Waals surface area contributed by atoms with E-state index in [1.807, 2.05) is 37.7 Å². The van der Waals surface area contributed by atoms with E-state index in [2.05, 4.69) is 42.1 Å². The van der Waals surface area contributed by atoms with E-state index in [-0.39, 0.29) is 5.91 Å². The monoisotopic (exact) mass is 387 g/mol. The van der Waals surface area contributed by atoms with E-state index in [0.717, 1.165) is 33.5 Å². The first-order chi connectivity index (χ1) is 12.4. The summed E-state index contributed by atoms with van der Waals surface area (Å²) in [6.45, 7) is 10.4. The van der Waals surface area contributed by atoms with Crippen molar-refractivity contribution in [3.05, 3.63) is 40.7 Å². The van der Waals surface area contributed by atoms with Crippen LogP contribution in [-0.4, -0.2) is 26.9 Å². The number of nitrogens with one attached hydrogen (secondary N) is 1. The molecule has 4 nitrogen and oxygen atoms in total. The summed E-state index contributed by atoms with van der Waals surface area (Å²) in [6, 6.07) is 6.06. The largest absolute Gasteiger partial charge is 0.325 e. The molecule has 0 saturated heterocycles. The van der Waals surface area contributed by atoms with Crippen LogP contribution in [0.5, 0.6) is 0 Å². The Morgan fingerprint density at radius 3 is 2.73 bits per heavy atom. The topological polar surface area (TPSA) is 54.9 Å². The highest BCUT2D eigenvalue weighted by molar-refractivity contribution is 8.01. The summed E-state index contributed by atoms with van der Waals surface area (Å²) in [4.78, 5) is 21.7. The van der Waals surface area contributed by atoms with Gasteiger partial charge in [-0.05, 0) is 38.8 Å². The van der Waals surface area contributed by atoms with Crippen molar-refractivity contribution in [2.24, 2.45) is 0 Å². The third-order valence-electron chi connectivity index (χ3n) is 4.66. The van der Waals surface area contributed by atoms with E-state index in [4.69, 9.17) is 0 Å². The molecular weight excluding hydrogens is 362 g/mol. The van der Waals surface area contributed by atoms with Crippen molar-refractivity contribution in [3.8, 4) is 0 Å². The van der Waals surface area contributed by atoms with Gasteiger partial charge in [-0.25, -0.2) is 9.97 Å². The predicted octanol–water partition coefficient (Wildman–Crippen LogP) is 5.12. The highest BCUT2D eigenvalue weighted by Gasteiger charge is 2.33. The van der Waals surface area contributed by atoms with Gasteiger partial charge in [-0.2, -0.15) is 0 Å². The average molecular weight is 388 g/mol. The third-order valence-corrected chi connectivity index (χ3v) is 6.88. The molecule has 26 heavy (non-hydrogen) atoms. The Morgan fingerprint density at radius 2 is 2.04 bits per heavy atom. The van der Waals surface area contributed by atoms with E-state index >= 15 is 0 Å². The van der Waals surface area contributed by atoms with Crippen LogP contribution in [0.1, 0.15) is 48.7 Å². The molecule has 3 rings (SSSR count). The summed E-state index contributed by atoms with van der Waals surface area (Å²) in [5, 5.41) is 5.58. The minimum atomic E-state index is -0.00119. The van der Waals surface area contributed by atoms with Crippen LogP contribution in [0.4, 0.5) is 5.69 Å². The summed E-state index contributed by atoms with van der Waals surface area (Å²) in [5.74, 6) is 1.59. The molecule has 1 N–H and O–H groups in total. The number of benzene rings is 1. The first kappa shape index (κ1) is 19.2. The third kappa shape index (κ3) is 4.07. The maximum Gasteiger partial charge on any atom is 0.234 e. The van der Waals surface area contributed by atoms with Crippen molar-refractivity contribution in [2.45, 2.75) is 62.3 Å². The molecule has 0 bridgehead atoms. The molecule has 1 aromatic carbocycles. The average Bonchev–Trinajstić information content (AvgIpc) is 2.90. The van der Waals surface area contributed by atoms with Gasteiger partial charge in [-0.3, -0.25) is 4.79 Å². The van der Waals surface area contributed by atoms with Crippen LogP contribution >= 0.6 is 23.5 Å². The molecule has 1 amide bonds. The molecule has 0 radical (unpaired) electrons. The van der Waals surface area contributed by atoms with Crippen molar-refractivity contribution < 1.29 is 4.79 Å². The molecule has 1 aliphatic heterocycles. The van der Waals surface area contributed by atoms with Crippen molar-refractivity contribution in [1.29, 1.82) is 0 Å². The molecule has 0 fully saturated rings. The first-order valence-corrected chi connectivity index (χ1v) is 10.8. The van der Waals surface area contributed by atoms with Crippen LogP contribution in [-0.2, 0) is 4.79 Å². The fraction of sp³-hybridized carbons (Fsp3) is 0.450. The number of hydrogen-bond acceptors (Lipinski definition) is 5. The van der Waals surface area contributed by atoms with Gasteiger partial charge in [0, 0.05) is 22.4 Å². The number of aromatic nitrogens is 2. The normalized spacial score (nSPS) is 18.7. The van der Waals surface area contributed by atoms with E-state index in [0.29, 0.717) is 16.9 Å². The van der Waals surface area contributed by atoms with E-state index in [1.54, 1.807) is 0 Å². The van der Waals surface area contributed by atoms with Crippen LogP contribution in [0.2, 0.25) is 0 Å². The number of carbonyl (C=O) groups excluding carboxylic acids is 1. The zero-order valence-corrected chi connectivity index (χ0v) is 17.6. The van der Waals surface area contributed by atoms with E-state index in [1.165, 1.54) is 22.9 Å². The number of aryl methyl sites for hydroxylation is 3. The quantitative estimate of drug-likeness (QED) is 0.570.